The Bertz CT molecular complexity index is 754. The van der Waals surface area contributed by atoms with Gasteiger partial charge in [0.05, 0.1) is 0 Å². The highest BCUT2D eigenvalue weighted by atomic mass is 79.9. The molecule has 1 N–H and O–H groups in total. The summed E-state index contributed by atoms with van der Waals surface area (Å²) in [7, 11) is 1.98. The van der Waals surface area contributed by atoms with Gasteiger partial charge in [-0.15, -0.1) is 0 Å². The third-order valence-electron chi connectivity index (χ3n) is 3.94. The zero-order valence-corrected chi connectivity index (χ0v) is 15.2. The monoisotopic (exact) mass is 381 g/mol. The van der Waals surface area contributed by atoms with Gasteiger partial charge in [-0.2, -0.15) is 0 Å². The first-order chi connectivity index (χ1) is 11.8. The number of para-hydroxylation sites is 1. The van der Waals surface area contributed by atoms with E-state index in [9.17, 15) is 0 Å². The van der Waals surface area contributed by atoms with Crippen molar-refractivity contribution in [2.24, 2.45) is 0 Å². The molecule has 0 spiro atoms. The number of rotatable bonds is 6. The molecule has 3 aromatic rings. The summed E-state index contributed by atoms with van der Waals surface area (Å²) < 4.78 is 6.97. The minimum atomic E-state index is 0.314. The van der Waals surface area contributed by atoms with E-state index in [0.29, 0.717) is 5.92 Å². The van der Waals surface area contributed by atoms with Crippen molar-refractivity contribution < 1.29 is 4.74 Å². The van der Waals surface area contributed by atoms with E-state index in [1.807, 2.05) is 49.5 Å². The predicted octanol–water partition coefficient (Wildman–Crippen LogP) is 5.59. The molecule has 1 atom stereocenters. The molecule has 0 radical (unpaired) electrons. The molecular weight excluding hydrogens is 362 g/mol. The highest BCUT2D eigenvalue weighted by Gasteiger charge is 2.13. The van der Waals surface area contributed by atoms with Crippen molar-refractivity contribution in [3.63, 3.8) is 0 Å². The molecule has 0 aliphatic rings. The topological polar surface area (TPSA) is 21.3 Å². The maximum absolute atomic E-state index is 5.87. The van der Waals surface area contributed by atoms with Gasteiger partial charge in [0, 0.05) is 16.9 Å². The first kappa shape index (κ1) is 16.7. The quantitative estimate of drug-likeness (QED) is 0.600. The number of likely N-dealkylation sites (N-methyl/N-ethyl adjacent to an activating group) is 1. The number of benzene rings is 3. The van der Waals surface area contributed by atoms with Gasteiger partial charge in [0.15, 0.2) is 0 Å². The van der Waals surface area contributed by atoms with Gasteiger partial charge < -0.3 is 10.1 Å². The van der Waals surface area contributed by atoms with Gasteiger partial charge in [-0.3, -0.25) is 0 Å². The summed E-state index contributed by atoms with van der Waals surface area (Å²) in [5.41, 5.74) is 2.57. The van der Waals surface area contributed by atoms with Gasteiger partial charge in [0.2, 0.25) is 0 Å². The summed E-state index contributed by atoms with van der Waals surface area (Å²) in [6, 6.07) is 26.7. The molecule has 3 rings (SSSR count). The summed E-state index contributed by atoms with van der Waals surface area (Å²) in [4.78, 5) is 0. The second-order valence-corrected chi connectivity index (χ2v) is 6.56. The van der Waals surface area contributed by atoms with E-state index in [4.69, 9.17) is 4.74 Å². The molecular formula is C21H20BrNO. The highest BCUT2D eigenvalue weighted by Crippen LogP contribution is 2.28. The third kappa shape index (κ3) is 4.25. The fourth-order valence-corrected chi connectivity index (χ4v) is 2.98. The molecule has 1 unspecified atom stereocenters. The summed E-state index contributed by atoms with van der Waals surface area (Å²) in [6.07, 6.45) is 0. The van der Waals surface area contributed by atoms with Crippen LogP contribution < -0.4 is 10.1 Å². The Balaban J connectivity index is 1.80. The van der Waals surface area contributed by atoms with Crippen LogP contribution in [-0.2, 0) is 0 Å². The van der Waals surface area contributed by atoms with Crippen molar-refractivity contribution in [3.8, 4) is 11.5 Å². The van der Waals surface area contributed by atoms with Crippen molar-refractivity contribution in [1.29, 1.82) is 0 Å². The fourth-order valence-electron chi connectivity index (χ4n) is 2.72. The van der Waals surface area contributed by atoms with E-state index in [1.165, 1.54) is 11.1 Å². The first-order valence-electron chi connectivity index (χ1n) is 7.99. The van der Waals surface area contributed by atoms with Crippen LogP contribution in [0.3, 0.4) is 0 Å². The molecule has 0 saturated carbocycles. The molecule has 2 nitrogen and oxygen atoms in total. The number of ether oxygens (including phenoxy) is 1. The zero-order chi connectivity index (χ0) is 16.8. The Morgan fingerprint density at radius 3 is 1.92 bits per heavy atom. The van der Waals surface area contributed by atoms with Crippen LogP contribution in [0.15, 0.2) is 83.3 Å². The molecule has 0 aromatic heterocycles. The van der Waals surface area contributed by atoms with Gasteiger partial charge in [0.1, 0.15) is 11.5 Å². The Morgan fingerprint density at radius 2 is 1.33 bits per heavy atom. The molecule has 0 aliphatic carbocycles. The van der Waals surface area contributed by atoms with Gasteiger partial charge in [-0.25, -0.2) is 0 Å². The average Bonchev–Trinajstić information content (AvgIpc) is 2.62. The van der Waals surface area contributed by atoms with E-state index < -0.39 is 0 Å². The Hall–Kier alpha value is -2.10. The van der Waals surface area contributed by atoms with Crippen LogP contribution in [0.4, 0.5) is 0 Å². The first-order valence-corrected chi connectivity index (χ1v) is 8.78. The molecule has 0 fully saturated rings. The van der Waals surface area contributed by atoms with Crippen molar-refractivity contribution in [3.05, 3.63) is 94.5 Å². The minimum absolute atomic E-state index is 0.314. The number of hydrogen-bond donors (Lipinski definition) is 1. The molecule has 0 saturated heterocycles. The highest BCUT2D eigenvalue weighted by molar-refractivity contribution is 9.10. The van der Waals surface area contributed by atoms with Crippen molar-refractivity contribution >= 4 is 15.9 Å². The average molecular weight is 382 g/mol. The molecule has 0 aliphatic heterocycles. The van der Waals surface area contributed by atoms with Crippen LogP contribution in [0.5, 0.6) is 11.5 Å². The minimum Gasteiger partial charge on any atom is -0.457 e. The standard InChI is InChI=1S/C21H20BrNO/c1-23-15-21(16-7-11-18(22)12-8-16)17-9-13-20(14-10-17)24-19-5-3-2-4-6-19/h2-14,21,23H,15H2,1H3. The zero-order valence-electron chi connectivity index (χ0n) is 13.6. The molecule has 122 valence electrons. The van der Waals surface area contributed by atoms with E-state index in [2.05, 4.69) is 57.6 Å². The van der Waals surface area contributed by atoms with Gasteiger partial charge in [0.25, 0.3) is 0 Å². The number of hydrogen-bond acceptors (Lipinski definition) is 2. The lowest BCUT2D eigenvalue weighted by Gasteiger charge is -2.18. The van der Waals surface area contributed by atoms with Crippen LogP contribution in [0, 0.1) is 0 Å². The van der Waals surface area contributed by atoms with Gasteiger partial charge >= 0.3 is 0 Å². The predicted molar refractivity (Wildman–Crippen MR) is 103 cm³/mol. The van der Waals surface area contributed by atoms with Crippen molar-refractivity contribution in [1.82, 2.24) is 5.32 Å². The Morgan fingerprint density at radius 1 is 0.792 bits per heavy atom. The summed E-state index contributed by atoms with van der Waals surface area (Å²) in [5.74, 6) is 2.02. The van der Waals surface area contributed by atoms with Crippen LogP contribution in [0.1, 0.15) is 17.0 Å². The van der Waals surface area contributed by atoms with Crippen LogP contribution >= 0.6 is 15.9 Å². The fraction of sp³-hybridized carbons (Fsp3) is 0.143. The van der Waals surface area contributed by atoms with E-state index in [1.54, 1.807) is 0 Å². The van der Waals surface area contributed by atoms with Crippen molar-refractivity contribution in [2.75, 3.05) is 13.6 Å². The molecule has 0 amide bonds. The third-order valence-corrected chi connectivity index (χ3v) is 4.47. The van der Waals surface area contributed by atoms with E-state index >= 15 is 0 Å². The molecule has 0 bridgehead atoms. The Kier molecular flexibility index (Phi) is 5.68. The Labute approximate surface area is 151 Å². The van der Waals surface area contributed by atoms with E-state index in [0.717, 1.165) is 22.5 Å². The van der Waals surface area contributed by atoms with Crippen LogP contribution in [0.25, 0.3) is 0 Å². The second-order valence-electron chi connectivity index (χ2n) is 5.65. The number of nitrogens with one attached hydrogen (secondary N) is 1. The second kappa shape index (κ2) is 8.13. The summed E-state index contributed by atoms with van der Waals surface area (Å²) >= 11 is 3.50. The molecule has 3 heteroatoms. The van der Waals surface area contributed by atoms with E-state index in [-0.39, 0.29) is 0 Å². The lowest BCUT2D eigenvalue weighted by atomic mass is 9.91. The summed E-state index contributed by atoms with van der Waals surface area (Å²) in [6.45, 7) is 0.889. The molecule has 3 aromatic carbocycles. The number of halogens is 1. The van der Waals surface area contributed by atoms with Gasteiger partial charge in [-0.05, 0) is 54.6 Å². The lowest BCUT2D eigenvalue weighted by molar-refractivity contribution is 0.482. The summed E-state index contributed by atoms with van der Waals surface area (Å²) in [5, 5.41) is 3.29. The van der Waals surface area contributed by atoms with Crippen molar-refractivity contribution in [2.45, 2.75) is 5.92 Å². The lowest BCUT2D eigenvalue weighted by Crippen LogP contribution is -2.18. The largest absolute Gasteiger partial charge is 0.457 e. The maximum atomic E-state index is 5.87. The molecule has 24 heavy (non-hydrogen) atoms. The molecule has 0 heterocycles. The van der Waals surface area contributed by atoms with Gasteiger partial charge in [-0.1, -0.05) is 58.4 Å². The normalized spacial score (nSPS) is 11.9. The van der Waals surface area contributed by atoms with Crippen LogP contribution in [0.2, 0.25) is 0 Å². The smallest absolute Gasteiger partial charge is 0.127 e. The van der Waals surface area contributed by atoms with Crippen LogP contribution in [-0.4, -0.2) is 13.6 Å². The SMILES string of the molecule is CNCC(c1ccc(Br)cc1)c1ccc(Oc2ccccc2)cc1. The maximum Gasteiger partial charge on any atom is 0.127 e.